The molecule has 0 spiro atoms. The van der Waals surface area contributed by atoms with Gasteiger partial charge in [-0.05, 0) is 20.5 Å². The molecule has 0 aromatic carbocycles. The average molecular weight is 217 g/mol. The van der Waals surface area contributed by atoms with E-state index in [4.69, 9.17) is 10.1 Å². The Hall–Kier alpha value is -0.690. The minimum absolute atomic E-state index is 0.119. The third-order valence-corrected chi connectivity index (χ3v) is 2.63. The Bertz CT molecular complexity index is 213. The van der Waals surface area contributed by atoms with E-state index in [-0.39, 0.29) is 12.1 Å². The zero-order valence-corrected chi connectivity index (χ0v) is 9.05. The molecule has 6 heteroatoms. The van der Waals surface area contributed by atoms with E-state index in [2.05, 4.69) is 5.32 Å². The molecular weight excluding hydrogens is 198 g/mol. The lowest BCUT2D eigenvalue weighted by molar-refractivity contribution is -0.232. The minimum Gasteiger partial charge on any atom is -0.386 e. The van der Waals surface area contributed by atoms with Crippen molar-refractivity contribution in [2.45, 2.75) is 31.0 Å². The first-order valence-electron chi connectivity index (χ1n) is 4.96. The number of ether oxygens (including phenoxy) is 1. The lowest BCUT2D eigenvalue weighted by Gasteiger charge is -2.40. The summed E-state index contributed by atoms with van der Waals surface area (Å²) < 4.78 is 5.19. The molecule has 3 unspecified atom stereocenters. The van der Waals surface area contributed by atoms with Crippen molar-refractivity contribution in [3.63, 3.8) is 0 Å². The summed E-state index contributed by atoms with van der Waals surface area (Å²) in [6.45, 7) is 0.470. The SMILES string of the molecule is CN(C)C1CC(CNC=N)O[C@@H](O)C1O. The molecule has 4 atom stereocenters. The van der Waals surface area contributed by atoms with Crippen LogP contribution in [-0.2, 0) is 4.74 Å². The van der Waals surface area contributed by atoms with Crippen LogP contribution >= 0.6 is 0 Å². The fraction of sp³-hybridized carbons (Fsp3) is 0.889. The maximum atomic E-state index is 9.67. The summed E-state index contributed by atoms with van der Waals surface area (Å²) in [6, 6.07) is -0.119. The third kappa shape index (κ3) is 3.13. The molecule has 0 aliphatic carbocycles. The molecule has 0 amide bonds. The summed E-state index contributed by atoms with van der Waals surface area (Å²) in [5.74, 6) is 0. The molecule has 0 radical (unpaired) electrons. The van der Waals surface area contributed by atoms with Crippen LogP contribution in [0, 0.1) is 5.41 Å². The second-order valence-corrected chi connectivity index (χ2v) is 3.96. The van der Waals surface area contributed by atoms with Crippen LogP contribution in [0.5, 0.6) is 0 Å². The van der Waals surface area contributed by atoms with Crippen LogP contribution < -0.4 is 5.32 Å². The van der Waals surface area contributed by atoms with Crippen molar-refractivity contribution in [3.8, 4) is 0 Å². The average Bonchev–Trinajstić information content (AvgIpc) is 2.19. The van der Waals surface area contributed by atoms with Crippen molar-refractivity contribution >= 4 is 6.34 Å². The molecular formula is C9H19N3O3. The first-order chi connectivity index (χ1) is 7.06. The number of hydrogen-bond donors (Lipinski definition) is 4. The standard InChI is InChI=1S/C9H19N3O3/c1-12(2)7-3-6(4-11-5-10)15-9(14)8(7)13/h5-9,13-14H,3-4H2,1-2H3,(H2,10,11)/t6?,7?,8?,9-/m1/s1. The zero-order valence-electron chi connectivity index (χ0n) is 9.05. The van der Waals surface area contributed by atoms with Gasteiger partial charge in [0.15, 0.2) is 6.29 Å². The van der Waals surface area contributed by atoms with Gasteiger partial charge in [0.1, 0.15) is 6.10 Å². The van der Waals surface area contributed by atoms with Crippen molar-refractivity contribution < 1.29 is 14.9 Å². The van der Waals surface area contributed by atoms with Crippen LogP contribution in [0.2, 0.25) is 0 Å². The fourth-order valence-electron chi connectivity index (χ4n) is 1.77. The van der Waals surface area contributed by atoms with Crippen LogP contribution in [-0.4, -0.2) is 66.6 Å². The second kappa shape index (κ2) is 5.41. The molecule has 1 aliphatic rings. The third-order valence-electron chi connectivity index (χ3n) is 2.63. The highest BCUT2D eigenvalue weighted by molar-refractivity contribution is 5.49. The van der Waals surface area contributed by atoms with Crippen LogP contribution in [0.1, 0.15) is 6.42 Å². The quantitative estimate of drug-likeness (QED) is 0.343. The minimum atomic E-state index is -1.15. The smallest absolute Gasteiger partial charge is 0.182 e. The highest BCUT2D eigenvalue weighted by atomic mass is 16.6. The van der Waals surface area contributed by atoms with E-state index in [9.17, 15) is 10.2 Å². The second-order valence-electron chi connectivity index (χ2n) is 3.96. The number of nitrogens with zero attached hydrogens (tertiary/aromatic N) is 1. The van der Waals surface area contributed by atoms with Crippen molar-refractivity contribution in [2.75, 3.05) is 20.6 Å². The van der Waals surface area contributed by atoms with Crippen molar-refractivity contribution in [3.05, 3.63) is 0 Å². The van der Waals surface area contributed by atoms with Gasteiger partial charge in [0.25, 0.3) is 0 Å². The summed E-state index contributed by atoms with van der Waals surface area (Å²) in [4.78, 5) is 1.87. The Balaban J connectivity index is 2.54. The molecule has 1 fully saturated rings. The highest BCUT2D eigenvalue weighted by Crippen LogP contribution is 2.21. The van der Waals surface area contributed by atoms with Crippen LogP contribution in [0.15, 0.2) is 0 Å². The maximum absolute atomic E-state index is 9.67. The summed E-state index contributed by atoms with van der Waals surface area (Å²) in [7, 11) is 3.71. The highest BCUT2D eigenvalue weighted by Gasteiger charge is 2.37. The lowest BCUT2D eigenvalue weighted by atomic mass is 9.98. The van der Waals surface area contributed by atoms with Crippen LogP contribution in [0.4, 0.5) is 0 Å². The van der Waals surface area contributed by atoms with Crippen LogP contribution in [0.25, 0.3) is 0 Å². The van der Waals surface area contributed by atoms with Gasteiger partial charge in [-0.15, -0.1) is 0 Å². The van der Waals surface area contributed by atoms with Gasteiger partial charge in [0.2, 0.25) is 0 Å². The van der Waals surface area contributed by atoms with Gasteiger partial charge in [0.05, 0.1) is 12.4 Å². The number of aliphatic hydroxyl groups excluding tert-OH is 2. The summed E-state index contributed by atoms with van der Waals surface area (Å²) >= 11 is 0. The van der Waals surface area contributed by atoms with Gasteiger partial charge in [-0.1, -0.05) is 0 Å². The van der Waals surface area contributed by atoms with Crippen molar-refractivity contribution in [2.24, 2.45) is 0 Å². The van der Waals surface area contributed by atoms with Gasteiger partial charge >= 0.3 is 0 Å². The largest absolute Gasteiger partial charge is 0.386 e. The number of nitrogens with one attached hydrogen (secondary N) is 2. The molecule has 4 N–H and O–H groups in total. The molecule has 0 bridgehead atoms. The first kappa shape index (κ1) is 12.4. The van der Waals surface area contributed by atoms with Gasteiger partial charge in [0, 0.05) is 12.6 Å². The molecule has 1 heterocycles. The van der Waals surface area contributed by atoms with E-state index in [1.165, 1.54) is 0 Å². The van der Waals surface area contributed by atoms with E-state index in [0.717, 1.165) is 6.34 Å². The molecule has 1 aliphatic heterocycles. The van der Waals surface area contributed by atoms with Gasteiger partial charge in [-0.2, -0.15) is 0 Å². The molecule has 1 rings (SSSR count). The Labute approximate surface area is 89.4 Å². The Morgan fingerprint density at radius 2 is 2.20 bits per heavy atom. The Kier molecular flexibility index (Phi) is 4.46. The Morgan fingerprint density at radius 1 is 1.53 bits per heavy atom. The maximum Gasteiger partial charge on any atom is 0.182 e. The normalized spacial score (nSPS) is 36.6. The van der Waals surface area contributed by atoms with Crippen molar-refractivity contribution in [1.82, 2.24) is 10.2 Å². The van der Waals surface area contributed by atoms with Gasteiger partial charge in [-0.25, -0.2) is 0 Å². The molecule has 88 valence electrons. The topological polar surface area (TPSA) is 88.8 Å². The molecule has 0 aromatic rings. The lowest BCUT2D eigenvalue weighted by Crippen LogP contribution is -2.55. The number of hydrogen-bond acceptors (Lipinski definition) is 5. The summed E-state index contributed by atoms with van der Waals surface area (Å²) in [5.41, 5.74) is 0. The predicted molar refractivity (Wildman–Crippen MR) is 55.8 cm³/mol. The van der Waals surface area contributed by atoms with Crippen LogP contribution in [0.3, 0.4) is 0 Å². The van der Waals surface area contributed by atoms with Gasteiger partial charge < -0.3 is 25.2 Å². The zero-order chi connectivity index (χ0) is 11.4. The van der Waals surface area contributed by atoms with E-state index in [0.29, 0.717) is 13.0 Å². The number of likely N-dealkylation sites (N-methyl/N-ethyl adjacent to an activating group) is 1. The molecule has 0 aromatic heterocycles. The Morgan fingerprint density at radius 3 is 2.73 bits per heavy atom. The number of rotatable bonds is 4. The monoisotopic (exact) mass is 217 g/mol. The predicted octanol–water partition coefficient (Wildman–Crippen LogP) is -1.42. The molecule has 15 heavy (non-hydrogen) atoms. The molecule has 1 saturated heterocycles. The summed E-state index contributed by atoms with van der Waals surface area (Å²) in [6.07, 6.45) is -0.491. The number of aliphatic hydroxyl groups is 2. The molecule has 6 nitrogen and oxygen atoms in total. The van der Waals surface area contributed by atoms with E-state index < -0.39 is 12.4 Å². The van der Waals surface area contributed by atoms with Gasteiger partial charge in [-0.3, -0.25) is 5.41 Å². The van der Waals surface area contributed by atoms with E-state index in [1.807, 2.05) is 19.0 Å². The van der Waals surface area contributed by atoms with E-state index in [1.54, 1.807) is 0 Å². The first-order valence-corrected chi connectivity index (χ1v) is 4.96. The fourth-order valence-corrected chi connectivity index (χ4v) is 1.77. The molecule has 0 saturated carbocycles. The van der Waals surface area contributed by atoms with E-state index >= 15 is 0 Å². The summed E-state index contributed by atoms with van der Waals surface area (Å²) in [5, 5.41) is 28.7. The van der Waals surface area contributed by atoms with Crippen molar-refractivity contribution in [1.29, 1.82) is 5.41 Å².